The quantitative estimate of drug-likeness (QED) is 0.482. The second-order valence-electron chi connectivity index (χ2n) is 4.73. The average molecular weight is 304 g/mol. The molecular weight excluding hydrogens is 284 g/mol. The lowest BCUT2D eigenvalue weighted by atomic mass is 10.2. The van der Waals surface area contributed by atoms with Gasteiger partial charge in [0.25, 0.3) is 0 Å². The highest BCUT2D eigenvalue weighted by Gasteiger charge is 2.02. The Morgan fingerprint density at radius 2 is 2.19 bits per heavy atom. The van der Waals surface area contributed by atoms with Gasteiger partial charge in [-0.1, -0.05) is 31.9 Å². The van der Waals surface area contributed by atoms with E-state index in [2.05, 4.69) is 22.2 Å². The van der Waals surface area contributed by atoms with E-state index in [1.807, 2.05) is 31.2 Å². The summed E-state index contributed by atoms with van der Waals surface area (Å²) in [6.45, 7) is 4.75. The van der Waals surface area contributed by atoms with Crippen molar-refractivity contribution in [2.24, 2.45) is 5.10 Å². The molecule has 0 spiro atoms. The molecule has 2 aromatic rings. The van der Waals surface area contributed by atoms with E-state index in [0.29, 0.717) is 4.77 Å². The van der Waals surface area contributed by atoms with Gasteiger partial charge in [0.2, 0.25) is 4.77 Å². The summed E-state index contributed by atoms with van der Waals surface area (Å²) >= 11 is 5.12. The third-order valence-corrected chi connectivity index (χ3v) is 3.31. The number of ether oxygens (including phenoxy) is 1. The molecule has 1 aromatic carbocycles. The minimum atomic E-state index is 0.477. The van der Waals surface area contributed by atoms with Gasteiger partial charge in [0, 0.05) is 5.56 Å². The molecule has 0 aliphatic heterocycles. The van der Waals surface area contributed by atoms with Crippen molar-refractivity contribution in [2.75, 3.05) is 6.61 Å². The van der Waals surface area contributed by atoms with E-state index in [1.54, 1.807) is 10.9 Å². The summed E-state index contributed by atoms with van der Waals surface area (Å²) < 4.78 is 7.88. The molecule has 0 saturated carbocycles. The van der Waals surface area contributed by atoms with Crippen LogP contribution in [0.15, 0.2) is 29.4 Å². The first-order valence-electron chi connectivity index (χ1n) is 7.12. The summed E-state index contributed by atoms with van der Waals surface area (Å²) in [5, 5.41) is 11.1. The summed E-state index contributed by atoms with van der Waals surface area (Å²) in [5.41, 5.74) is 0.927. The van der Waals surface area contributed by atoms with Gasteiger partial charge >= 0.3 is 0 Å². The van der Waals surface area contributed by atoms with Gasteiger partial charge in [-0.2, -0.15) is 14.9 Å². The van der Waals surface area contributed by atoms with Crippen molar-refractivity contribution in [2.45, 2.75) is 33.1 Å². The molecule has 0 bridgehead atoms. The molecule has 1 N–H and O–H groups in total. The molecule has 21 heavy (non-hydrogen) atoms. The Bertz CT molecular complexity index is 660. The number of H-pyrrole nitrogens is 1. The fourth-order valence-electron chi connectivity index (χ4n) is 1.88. The molecule has 0 fully saturated rings. The fourth-order valence-corrected chi connectivity index (χ4v) is 2.10. The molecule has 0 unspecified atom stereocenters. The highest BCUT2D eigenvalue weighted by molar-refractivity contribution is 7.71. The number of aromatic amines is 1. The van der Waals surface area contributed by atoms with Crippen molar-refractivity contribution in [3.63, 3.8) is 0 Å². The zero-order chi connectivity index (χ0) is 15.1. The molecule has 0 saturated heterocycles. The minimum absolute atomic E-state index is 0.477. The Kier molecular flexibility index (Phi) is 5.68. The number of hydrogen-bond donors (Lipinski definition) is 1. The first-order chi connectivity index (χ1) is 10.2. The van der Waals surface area contributed by atoms with Gasteiger partial charge < -0.3 is 4.74 Å². The monoisotopic (exact) mass is 304 g/mol. The maximum atomic E-state index is 5.82. The zero-order valence-corrected chi connectivity index (χ0v) is 13.2. The molecule has 0 amide bonds. The number of nitrogens with zero attached hydrogens (tertiary/aromatic N) is 3. The van der Waals surface area contributed by atoms with Crippen LogP contribution in [0.5, 0.6) is 5.75 Å². The molecule has 112 valence electrons. The predicted molar refractivity (Wildman–Crippen MR) is 86.6 cm³/mol. The van der Waals surface area contributed by atoms with E-state index >= 15 is 0 Å². The van der Waals surface area contributed by atoms with E-state index in [4.69, 9.17) is 17.0 Å². The molecule has 1 aromatic heterocycles. The van der Waals surface area contributed by atoms with Crippen molar-refractivity contribution in [1.29, 1.82) is 0 Å². The van der Waals surface area contributed by atoms with Crippen LogP contribution in [-0.2, 0) is 0 Å². The van der Waals surface area contributed by atoms with Gasteiger partial charge in [-0.25, -0.2) is 0 Å². The lowest BCUT2D eigenvalue weighted by Gasteiger charge is -2.08. The number of aryl methyl sites for hydroxylation is 1. The molecule has 0 aliphatic rings. The van der Waals surface area contributed by atoms with Gasteiger partial charge in [0.05, 0.1) is 12.8 Å². The van der Waals surface area contributed by atoms with Crippen molar-refractivity contribution >= 4 is 18.4 Å². The van der Waals surface area contributed by atoms with Crippen LogP contribution < -0.4 is 4.74 Å². The van der Waals surface area contributed by atoms with Crippen molar-refractivity contribution in [1.82, 2.24) is 14.9 Å². The molecule has 6 heteroatoms. The lowest BCUT2D eigenvalue weighted by Crippen LogP contribution is -2.00. The molecular formula is C15H20N4OS. The van der Waals surface area contributed by atoms with Crippen LogP contribution in [0.2, 0.25) is 0 Å². The highest BCUT2D eigenvalue weighted by Crippen LogP contribution is 2.16. The molecule has 2 rings (SSSR count). The van der Waals surface area contributed by atoms with Crippen LogP contribution in [0, 0.1) is 11.7 Å². The zero-order valence-electron chi connectivity index (χ0n) is 12.4. The van der Waals surface area contributed by atoms with Crippen molar-refractivity contribution in [3.8, 4) is 5.75 Å². The third kappa shape index (κ3) is 4.26. The summed E-state index contributed by atoms with van der Waals surface area (Å²) in [7, 11) is 0. The Morgan fingerprint density at radius 1 is 1.38 bits per heavy atom. The van der Waals surface area contributed by atoms with Crippen molar-refractivity contribution in [3.05, 3.63) is 40.4 Å². The topological polar surface area (TPSA) is 55.2 Å². The lowest BCUT2D eigenvalue weighted by molar-refractivity contribution is 0.306. The Hall–Kier alpha value is -1.95. The SMILES string of the molecule is CCCCCOc1ccccc1/C=N/n1c(C)n[nH]c1=S. The van der Waals surface area contributed by atoms with E-state index in [-0.39, 0.29) is 0 Å². The molecule has 1 heterocycles. The average Bonchev–Trinajstić information content (AvgIpc) is 2.81. The van der Waals surface area contributed by atoms with Gasteiger partial charge in [0.1, 0.15) is 11.6 Å². The maximum absolute atomic E-state index is 5.82. The molecule has 5 nitrogen and oxygen atoms in total. The van der Waals surface area contributed by atoms with Gasteiger partial charge in [-0.3, -0.25) is 5.10 Å². The fraction of sp³-hybridized carbons (Fsp3) is 0.400. The molecule has 0 radical (unpaired) electrons. The van der Waals surface area contributed by atoms with Crippen LogP contribution >= 0.6 is 12.2 Å². The summed E-state index contributed by atoms with van der Waals surface area (Å²) in [6, 6.07) is 7.84. The number of para-hydroxylation sites is 1. The normalized spacial score (nSPS) is 11.1. The molecule has 0 aliphatic carbocycles. The van der Waals surface area contributed by atoms with Crippen LogP contribution in [0.1, 0.15) is 37.6 Å². The summed E-state index contributed by atoms with van der Waals surface area (Å²) in [5.74, 6) is 1.56. The number of nitrogens with one attached hydrogen (secondary N) is 1. The third-order valence-electron chi connectivity index (χ3n) is 3.05. The van der Waals surface area contributed by atoms with E-state index in [1.165, 1.54) is 12.8 Å². The minimum Gasteiger partial charge on any atom is -0.493 e. The van der Waals surface area contributed by atoms with Gasteiger partial charge in [-0.15, -0.1) is 0 Å². The smallest absolute Gasteiger partial charge is 0.216 e. The predicted octanol–water partition coefficient (Wildman–Crippen LogP) is 3.70. The largest absolute Gasteiger partial charge is 0.493 e. The van der Waals surface area contributed by atoms with Crippen LogP contribution in [0.4, 0.5) is 0 Å². The first-order valence-corrected chi connectivity index (χ1v) is 7.53. The number of rotatable bonds is 7. The van der Waals surface area contributed by atoms with Gasteiger partial charge in [0.15, 0.2) is 0 Å². The summed E-state index contributed by atoms with van der Waals surface area (Å²) in [4.78, 5) is 0. The second kappa shape index (κ2) is 7.73. The Balaban J connectivity index is 2.11. The van der Waals surface area contributed by atoms with Crippen molar-refractivity contribution < 1.29 is 4.74 Å². The highest BCUT2D eigenvalue weighted by atomic mass is 32.1. The standard InChI is InChI=1S/C15H20N4OS/c1-3-4-7-10-20-14-9-6-5-8-13(14)11-16-19-12(2)17-18-15(19)21/h5-6,8-9,11H,3-4,7,10H2,1-2H3,(H,18,21)/b16-11+. The number of benzene rings is 1. The van der Waals surface area contributed by atoms with Gasteiger partial charge in [-0.05, 0) is 37.7 Å². The van der Waals surface area contributed by atoms with Crippen LogP contribution in [0.3, 0.4) is 0 Å². The Morgan fingerprint density at radius 3 is 2.90 bits per heavy atom. The van der Waals surface area contributed by atoms with Crippen LogP contribution in [0.25, 0.3) is 0 Å². The number of unbranched alkanes of at least 4 members (excludes halogenated alkanes) is 2. The Labute approximate surface area is 129 Å². The second-order valence-corrected chi connectivity index (χ2v) is 5.11. The van der Waals surface area contributed by atoms with E-state index in [0.717, 1.165) is 30.2 Å². The van der Waals surface area contributed by atoms with E-state index in [9.17, 15) is 0 Å². The molecule has 0 atom stereocenters. The maximum Gasteiger partial charge on any atom is 0.216 e. The van der Waals surface area contributed by atoms with E-state index < -0.39 is 0 Å². The number of hydrogen-bond acceptors (Lipinski definition) is 4. The first kappa shape index (κ1) is 15.4. The summed E-state index contributed by atoms with van der Waals surface area (Å²) in [6.07, 6.45) is 5.17. The van der Waals surface area contributed by atoms with Crippen LogP contribution in [-0.4, -0.2) is 27.7 Å². The number of aromatic nitrogens is 3.